The smallest absolute Gasteiger partial charge is 0.407 e. The van der Waals surface area contributed by atoms with Crippen molar-refractivity contribution in [3.05, 3.63) is 59.7 Å². The number of benzene rings is 2. The summed E-state index contributed by atoms with van der Waals surface area (Å²) in [5, 5.41) is 13.8. The predicted octanol–water partition coefficient (Wildman–Crippen LogP) is 4.70. The van der Waals surface area contributed by atoms with Crippen molar-refractivity contribution >= 4 is 18.0 Å². The van der Waals surface area contributed by atoms with Gasteiger partial charge in [-0.15, -0.1) is 0 Å². The maximum absolute atomic E-state index is 13.1. The molecule has 35 heavy (non-hydrogen) atoms. The highest BCUT2D eigenvalue weighted by atomic mass is 19.3. The normalized spacial score (nSPS) is 14.1. The molecule has 0 spiro atoms. The quantitative estimate of drug-likeness (QED) is 0.402. The number of alkyl carbamates (subject to hydrolysis) is 1. The lowest BCUT2D eigenvalue weighted by atomic mass is 9.98. The molecular weight excluding hydrogens is 458 g/mol. The van der Waals surface area contributed by atoms with Crippen LogP contribution >= 0.6 is 0 Å². The first-order chi connectivity index (χ1) is 16.8. The number of fused-ring (bicyclic) bond motifs is 3. The maximum Gasteiger partial charge on any atom is 0.407 e. The first kappa shape index (κ1) is 26.1. The SMILES string of the molecule is CCCCC(CC(=O)O)NC(=O)C(CC(F)F)NC(=O)OCC1c2ccccc2-c2ccccc21. The molecule has 0 saturated heterocycles. The Kier molecular flexibility index (Phi) is 9.17. The van der Waals surface area contributed by atoms with Gasteiger partial charge in [0.15, 0.2) is 0 Å². The number of aliphatic carboxylic acids is 1. The molecular formula is C26H30F2N2O5. The third-order valence-corrected chi connectivity index (χ3v) is 6.04. The van der Waals surface area contributed by atoms with Crippen LogP contribution < -0.4 is 10.6 Å². The molecule has 188 valence electrons. The molecule has 2 aromatic rings. The van der Waals surface area contributed by atoms with Crippen molar-refractivity contribution in [1.29, 1.82) is 0 Å². The number of unbranched alkanes of at least 4 members (excludes halogenated alkanes) is 1. The van der Waals surface area contributed by atoms with Crippen molar-refractivity contribution in [2.75, 3.05) is 6.61 Å². The Morgan fingerprint density at radius 2 is 1.60 bits per heavy atom. The Balaban J connectivity index is 1.64. The van der Waals surface area contributed by atoms with Crippen LogP contribution in [0.15, 0.2) is 48.5 Å². The van der Waals surface area contributed by atoms with Crippen LogP contribution in [0.2, 0.25) is 0 Å². The lowest BCUT2D eigenvalue weighted by Gasteiger charge is -2.23. The number of carbonyl (C=O) groups is 3. The Hall–Kier alpha value is -3.49. The van der Waals surface area contributed by atoms with Gasteiger partial charge in [0.2, 0.25) is 12.3 Å². The zero-order valence-corrected chi connectivity index (χ0v) is 19.5. The van der Waals surface area contributed by atoms with Crippen LogP contribution in [0.3, 0.4) is 0 Å². The number of hydrogen-bond acceptors (Lipinski definition) is 4. The van der Waals surface area contributed by atoms with Crippen molar-refractivity contribution < 1.29 is 33.0 Å². The molecule has 9 heteroatoms. The van der Waals surface area contributed by atoms with Crippen LogP contribution in [0.1, 0.15) is 56.1 Å². The summed E-state index contributed by atoms with van der Waals surface area (Å²) in [6, 6.07) is 13.3. The number of carbonyl (C=O) groups excluding carboxylic acids is 2. The monoisotopic (exact) mass is 488 g/mol. The Morgan fingerprint density at radius 1 is 1.00 bits per heavy atom. The first-order valence-corrected chi connectivity index (χ1v) is 11.7. The number of nitrogens with one attached hydrogen (secondary N) is 2. The molecule has 2 amide bonds. The van der Waals surface area contributed by atoms with Crippen molar-refractivity contribution in [2.45, 2.75) is 63.5 Å². The van der Waals surface area contributed by atoms with E-state index >= 15 is 0 Å². The summed E-state index contributed by atoms with van der Waals surface area (Å²) >= 11 is 0. The van der Waals surface area contributed by atoms with Gasteiger partial charge in [-0.05, 0) is 28.7 Å². The number of rotatable bonds is 12. The minimum Gasteiger partial charge on any atom is -0.481 e. The Bertz CT molecular complexity index is 1000. The van der Waals surface area contributed by atoms with Crippen molar-refractivity contribution in [3.63, 3.8) is 0 Å². The molecule has 0 aromatic heterocycles. The summed E-state index contributed by atoms with van der Waals surface area (Å²) in [6.45, 7) is 1.89. The molecule has 2 unspecified atom stereocenters. The van der Waals surface area contributed by atoms with E-state index in [-0.39, 0.29) is 18.9 Å². The molecule has 2 aromatic carbocycles. The molecule has 1 aliphatic rings. The van der Waals surface area contributed by atoms with Gasteiger partial charge in [0.25, 0.3) is 0 Å². The molecule has 3 N–H and O–H groups in total. The fourth-order valence-corrected chi connectivity index (χ4v) is 4.38. The molecule has 1 aliphatic carbocycles. The van der Waals surface area contributed by atoms with Gasteiger partial charge in [-0.2, -0.15) is 0 Å². The summed E-state index contributed by atoms with van der Waals surface area (Å²) in [7, 11) is 0. The van der Waals surface area contributed by atoms with Gasteiger partial charge in [-0.25, -0.2) is 13.6 Å². The van der Waals surface area contributed by atoms with Gasteiger partial charge in [-0.1, -0.05) is 68.3 Å². The second kappa shape index (κ2) is 12.3. The summed E-state index contributed by atoms with van der Waals surface area (Å²) in [5.74, 6) is -2.19. The Labute approximate surface area is 202 Å². The first-order valence-electron chi connectivity index (χ1n) is 11.7. The second-order valence-corrected chi connectivity index (χ2v) is 8.59. The predicted molar refractivity (Wildman–Crippen MR) is 126 cm³/mol. The fraction of sp³-hybridized carbons (Fsp3) is 0.423. The van der Waals surface area contributed by atoms with E-state index in [0.717, 1.165) is 28.7 Å². The van der Waals surface area contributed by atoms with Crippen molar-refractivity contribution in [2.24, 2.45) is 0 Å². The highest BCUT2D eigenvalue weighted by Gasteiger charge is 2.31. The number of hydrogen-bond donors (Lipinski definition) is 3. The molecule has 0 saturated carbocycles. The highest BCUT2D eigenvalue weighted by molar-refractivity contribution is 5.86. The average Bonchev–Trinajstić information content (AvgIpc) is 3.14. The standard InChI is InChI=1S/C26H30F2N2O5/c1-2-3-8-16(13-24(31)32)29-25(33)22(14-23(27)28)30-26(34)35-15-21-19-11-6-4-9-17(19)18-10-5-7-12-20(18)21/h4-7,9-12,16,21-23H,2-3,8,13-15H2,1H3,(H,29,33)(H,30,34)(H,31,32). The third kappa shape index (κ3) is 7.00. The molecule has 2 atom stereocenters. The second-order valence-electron chi connectivity index (χ2n) is 8.59. The van der Waals surface area contributed by atoms with Crippen LogP contribution in [0, 0.1) is 0 Å². The zero-order chi connectivity index (χ0) is 25.4. The largest absolute Gasteiger partial charge is 0.481 e. The lowest BCUT2D eigenvalue weighted by molar-refractivity contribution is -0.137. The molecule has 0 fully saturated rings. The van der Waals surface area contributed by atoms with E-state index in [1.807, 2.05) is 55.5 Å². The number of ether oxygens (including phenoxy) is 1. The zero-order valence-electron chi connectivity index (χ0n) is 19.5. The lowest BCUT2D eigenvalue weighted by Crippen LogP contribution is -2.51. The van der Waals surface area contributed by atoms with Crippen molar-refractivity contribution in [3.8, 4) is 11.1 Å². The molecule has 0 bridgehead atoms. The van der Waals surface area contributed by atoms with Crippen LogP contribution in [-0.4, -0.2) is 48.2 Å². The molecule has 3 rings (SSSR count). The number of carboxylic acid groups (broad SMARTS) is 1. The number of halogens is 2. The molecule has 0 aliphatic heterocycles. The van der Waals surface area contributed by atoms with E-state index in [4.69, 9.17) is 9.84 Å². The van der Waals surface area contributed by atoms with E-state index in [9.17, 15) is 23.2 Å². The van der Waals surface area contributed by atoms with Crippen LogP contribution in [-0.2, 0) is 14.3 Å². The third-order valence-electron chi connectivity index (χ3n) is 6.04. The van der Waals surface area contributed by atoms with E-state index in [1.54, 1.807) is 0 Å². The van der Waals surface area contributed by atoms with Crippen molar-refractivity contribution in [1.82, 2.24) is 10.6 Å². The molecule has 0 heterocycles. The van der Waals surface area contributed by atoms with Gasteiger partial charge in [0.1, 0.15) is 12.6 Å². The van der Waals surface area contributed by atoms with E-state index in [1.165, 1.54) is 0 Å². The minimum absolute atomic E-state index is 0.0268. The van der Waals surface area contributed by atoms with Crippen LogP contribution in [0.5, 0.6) is 0 Å². The highest BCUT2D eigenvalue weighted by Crippen LogP contribution is 2.44. The summed E-state index contributed by atoms with van der Waals surface area (Å²) < 4.78 is 31.7. The summed E-state index contributed by atoms with van der Waals surface area (Å²) in [6.07, 6.45) is -3.26. The fourth-order valence-electron chi connectivity index (χ4n) is 4.38. The summed E-state index contributed by atoms with van der Waals surface area (Å²) in [4.78, 5) is 36.3. The Morgan fingerprint density at radius 3 is 2.14 bits per heavy atom. The van der Waals surface area contributed by atoms with Crippen LogP contribution in [0.25, 0.3) is 11.1 Å². The minimum atomic E-state index is -2.85. The van der Waals surface area contributed by atoms with E-state index in [2.05, 4.69) is 10.6 Å². The average molecular weight is 489 g/mol. The maximum atomic E-state index is 13.1. The number of amides is 2. The van der Waals surface area contributed by atoms with Gasteiger partial charge in [0, 0.05) is 18.4 Å². The molecule has 0 radical (unpaired) electrons. The van der Waals surface area contributed by atoms with E-state index in [0.29, 0.717) is 12.8 Å². The summed E-state index contributed by atoms with van der Waals surface area (Å²) in [5.41, 5.74) is 4.08. The van der Waals surface area contributed by atoms with Gasteiger partial charge in [0.05, 0.1) is 6.42 Å². The topological polar surface area (TPSA) is 105 Å². The van der Waals surface area contributed by atoms with Gasteiger partial charge >= 0.3 is 12.1 Å². The molecule has 7 nitrogen and oxygen atoms in total. The number of alkyl halides is 2. The van der Waals surface area contributed by atoms with Gasteiger partial charge in [-0.3, -0.25) is 9.59 Å². The van der Waals surface area contributed by atoms with E-state index < -0.39 is 42.9 Å². The van der Waals surface area contributed by atoms with Gasteiger partial charge < -0.3 is 20.5 Å². The van der Waals surface area contributed by atoms with Crippen LogP contribution in [0.4, 0.5) is 13.6 Å². The number of carboxylic acids is 1.